The number of nitrogens with zero attached hydrogens (tertiary/aromatic N) is 2. The molecular formula is C29H28N2O5. The number of carbonyl (C=O) groups is 1. The molecule has 7 heteroatoms. The topological polar surface area (TPSA) is 81.9 Å². The van der Waals surface area contributed by atoms with Crippen LogP contribution in [0, 0.1) is 20.8 Å². The molecule has 184 valence electrons. The molecular weight excluding hydrogens is 456 g/mol. The first-order chi connectivity index (χ1) is 17.3. The van der Waals surface area contributed by atoms with Gasteiger partial charge in [-0.05, 0) is 93.3 Å². The number of aryl methyl sites for hydroxylation is 3. The zero-order valence-corrected chi connectivity index (χ0v) is 21.0. The Balaban J connectivity index is 1.80. The summed E-state index contributed by atoms with van der Waals surface area (Å²) >= 11 is 0. The Hall–Kier alpha value is -4.13. The van der Waals surface area contributed by atoms with Crippen molar-refractivity contribution in [3.8, 4) is 11.5 Å². The summed E-state index contributed by atoms with van der Waals surface area (Å²) < 4.78 is 17.7. The average Bonchev–Trinajstić information content (AvgIpc) is 3.14. The van der Waals surface area contributed by atoms with Crippen molar-refractivity contribution < 1.29 is 18.7 Å². The third-order valence-electron chi connectivity index (χ3n) is 6.52. The second kappa shape index (κ2) is 9.15. The van der Waals surface area contributed by atoms with E-state index in [1.165, 1.54) is 4.90 Å². The van der Waals surface area contributed by atoms with Gasteiger partial charge in [-0.3, -0.25) is 14.5 Å². The van der Waals surface area contributed by atoms with Crippen LogP contribution < -0.4 is 19.8 Å². The molecule has 0 bridgehead atoms. The predicted octanol–water partition coefficient (Wildman–Crippen LogP) is 5.66. The van der Waals surface area contributed by atoms with Gasteiger partial charge in [-0.1, -0.05) is 6.07 Å². The Morgan fingerprint density at radius 3 is 2.36 bits per heavy atom. The molecule has 3 heterocycles. The van der Waals surface area contributed by atoms with Gasteiger partial charge in [-0.25, -0.2) is 4.98 Å². The summed E-state index contributed by atoms with van der Waals surface area (Å²) in [6.45, 7) is 10.6. The number of anilines is 1. The molecule has 0 spiro atoms. The fourth-order valence-corrected chi connectivity index (χ4v) is 4.67. The van der Waals surface area contributed by atoms with Gasteiger partial charge in [-0.15, -0.1) is 0 Å². The summed E-state index contributed by atoms with van der Waals surface area (Å²) in [6, 6.07) is 12.1. The third kappa shape index (κ3) is 3.81. The number of hydrogen-bond acceptors (Lipinski definition) is 6. The summed E-state index contributed by atoms with van der Waals surface area (Å²) in [5.74, 6) is 1.23. The molecule has 0 saturated heterocycles. The summed E-state index contributed by atoms with van der Waals surface area (Å²) in [4.78, 5) is 33.7. The van der Waals surface area contributed by atoms with E-state index < -0.39 is 11.9 Å². The van der Waals surface area contributed by atoms with Crippen molar-refractivity contribution in [3.05, 3.63) is 92.5 Å². The van der Waals surface area contributed by atoms with Gasteiger partial charge in [0, 0.05) is 6.20 Å². The minimum atomic E-state index is -0.737. The smallest absolute Gasteiger partial charge is 0.296 e. The lowest BCUT2D eigenvalue weighted by Crippen LogP contribution is -2.30. The zero-order valence-electron chi connectivity index (χ0n) is 21.0. The summed E-state index contributed by atoms with van der Waals surface area (Å²) in [7, 11) is 0. The van der Waals surface area contributed by atoms with Crippen LogP contribution in [0.3, 0.4) is 0 Å². The molecule has 7 nitrogen and oxygen atoms in total. The van der Waals surface area contributed by atoms with Crippen molar-refractivity contribution in [2.75, 3.05) is 18.1 Å². The van der Waals surface area contributed by atoms with E-state index in [0.29, 0.717) is 52.6 Å². The van der Waals surface area contributed by atoms with Crippen LogP contribution in [0.2, 0.25) is 0 Å². The molecule has 0 radical (unpaired) electrons. The van der Waals surface area contributed by atoms with Crippen molar-refractivity contribution in [2.45, 2.75) is 40.7 Å². The fraction of sp³-hybridized carbons (Fsp3) is 0.276. The van der Waals surface area contributed by atoms with Crippen LogP contribution in [0.5, 0.6) is 11.5 Å². The first kappa shape index (κ1) is 23.6. The van der Waals surface area contributed by atoms with E-state index in [-0.39, 0.29) is 11.2 Å². The first-order valence-corrected chi connectivity index (χ1v) is 12.1. The number of rotatable bonds is 6. The Morgan fingerprint density at radius 2 is 1.64 bits per heavy atom. The lowest BCUT2D eigenvalue weighted by atomic mass is 9.97. The van der Waals surface area contributed by atoms with Gasteiger partial charge in [0.05, 0.1) is 30.2 Å². The van der Waals surface area contributed by atoms with Gasteiger partial charge in [0.25, 0.3) is 5.91 Å². The van der Waals surface area contributed by atoms with Crippen molar-refractivity contribution in [1.29, 1.82) is 0 Å². The van der Waals surface area contributed by atoms with Crippen molar-refractivity contribution in [3.63, 3.8) is 0 Å². The third-order valence-corrected chi connectivity index (χ3v) is 6.52. The van der Waals surface area contributed by atoms with Gasteiger partial charge in [0.2, 0.25) is 5.76 Å². The molecule has 1 atom stereocenters. The second-order valence-electron chi connectivity index (χ2n) is 8.95. The molecule has 2 aromatic heterocycles. The van der Waals surface area contributed by atoms with Crippen LogP contribution in [0.4, 0.5) is 5.82 Å². The number of pyridine rings is 1. The van der Waals surface area contributed by atoms with E-state index in [0.717, 1.165) is 16.7 Å². The number of carbonyl (C=O) groups excluding carboxylic acids is 1. The monoisotopic (exact) mass is 484 g/mol. The molecule has 1 aliphatic heterocycles. The second-order valence-corrected chi connectivity index (χ2v) is 8.95. The quantitative estimate of drug-likeness (QED) is 0.351. The normalized spacial score (nSPS) is 14.9. The summed E-state index contributed by atoms with van der Waals surface area (Å²) in [5.41, 5.74) is 4.08. The Labute approximate surface area is 209 Å². The number of ether oxygens (including phenoxy) is 2. The van der Waals surface area contributed by atoms with Crippen LogP contribution in [-0.2, 0) is 0 Å². The van der Waals surface area contributed by atoms with Crippen LogP contribution in [0.25, 0.3) is 11.0 Å². The zero-order chi connectivity index (χ0) is 25.6. The summed E-state index contributed by atoms with van der Waals surface area (Å²) in [5, 5.41) is 0.449. The average molecular weight is 485 g/mol. The SMILES string of the molecule is CCOc1ccc(C2c3c(oc4cc(C)c(C)cc4c3=O)C(=O)N2c2cc(C)ccn2)cc1OCC. The van der Waals surface area contributed by atoms with Crippen molar-refractivity contribution in [2.24, 2.45) is 0 Å². The highest BCUT2D eigenvalue weighted by Gasteiger charge is 2.44. The van der Waals surface area contributed by atoms with Gasteiger partial charge in [0.15, 0.2) is 16.9 Å². The Morgan fingerprint density at radius 1 is 0.917 bits per heavy atom. The standard InChI is InChI=1S/C29H28N2O5/c1-6-34-21-9-8-19(15-23(21)35-7-2)26-25-27(32)20-13-17(4)18(5)14-22(20)36-28(25)29(33)31(26)24-12-16(3)10-11-30-24/h8-15,26H,6-7H2,1-5H3. The fourth-order valence-electron chi connectivity index (χ4n) is 4.67. The van der Waals surface area contributed by atoms with E-state index in [9.17, 15) is 9.59 Å². The number of aromatic nitrogens is 1. The highest BCUT2D eigenvalue weighted by Crippen LogP contribution is 2.43. The molecule has 1 amide bonds. The maximum absolute atomic E-state index is 13.9. The first-order valence-electron chi connectivity index (χ1n) is 12.1. The Kier molecular flexibility index (Phi) is 6.00. The maximum atomic E-state index is 13.9. The van der Waals surface area contributed by atoms with Crippen LogP contribution in [0.15, 0.2) is 57.9 Å². The molecule has 1 unspecified atom stereocenters. The van der Waals surface area contributed by atoms with E-state index in [1.54, 1.807) is 6.20 Å². The highest BCUT2D eigenvalue weighted by atomic mass is 16.5. The molecule has 0 aliphatic carbocycles. The van der Waals surface area contributed by atoms with Crippen molar-refractivity contribution >= 4 is 22.7 Å². The van der Waals surface area contributed by atoms with Gasteiger partial charge in [-0.2, -0.15) is 0 Å². The lowest BCUT2D eigenvalue weighted by molar-refractivity contribution is 0.0970. The minimum absolute atomic E-state index is 0.0379. The lowest BCUT2D eigenvalue weighted by Gasteiger charge is -2.25. The number of hydrogen-bond donors (Lipinski definition) is 0. The van der Waals surface area contributed by atoms with Gasteiger partial charge >= 0.3 is 0 Å². The molecule has 5 rings (SSSR count). The number of benzene rings is 2. The van der Waals surface area contributed by atoms with E-state index >= 15 is 0 Å². The van der Waals surface area contributed by atoms with Crippen LogP contribution in [-0.4, -0.2) is 24.1 Å². The molecule has 0 saturated carbocycles. The van der Waals surface area contributed by atoms with Gasteiger partial charge in [0.1, 0.15) is 11.4 Å². The van der Waals surface area contributed by atoms with E-state index in [1.807, 2.05) is 77.1 Å². The molecule has 36 heavy (non-hydrogen) atoms. The largest absolute Gasteiger partial charge is 0.490 e. The van der Waals surface area contributed by atoms with Crippen LogP contribution in [0.1, 0.15) is 58.3 Å². The number of fused-ring (bicyclic) bond motifs is 2. The number of amides is 1. The van der Waals surface area contributed by atoms with Crippen LogP contribution >= 0.6 is 0 Å². The molecule has 1 aliphatic rings. The highest BCUT2D eigenvalue weighted by molar-refractivity contribution is 6.10. The van der Waals surface area contributed by atoms with Crippen molar-refractivity contribution in [1.82, 2.24) is 4.98 Å². The molecule has 0 N–H and O–H groups in total. The molecule has 0 fully saturated rings. The summed E-state index contributed by atoms with van der Waals surface area (Å²) in [6.07, 6.45) is 1.65. The predicted molar refractivity (Wildman–Crippen MR) is 138 cm³/mol. The van der Waals surface area contributed by atoms with E-state index in [4.69, 9.17) is 13.9 Å². The molecule has 4 aromatic rings. The molecule has 2 aromatic carbocycles. The Bertz CT molecular complexity index is 1560. The van der Waals surface area contributed by atoms with E-state index in [2.05, 4.69) is 4.98 Å². The van der Waals surface area contributed by atoms with Gasteiger partial charge < -0.3 is 13.9 Å². The maximum Gasteiger partial charge on any atom is 0.296 e. The minimum Gasteiger partial charge on any atom is -0.490 e.